The summed E-state index contributed by atoms with van der Waals surface area (Å²) < 4.78 is 2.06. The number of anilines is 1. The molecule has 4 aliphatic carbocycles. The number of hydrogen-bond acceptors (Lipinski definition) is 3. The molecule has 4 amide bonds. The summed E-state index contributed by atoms with van der Waals surface area (Å²) in [5.41, 5.74) is 4.56. The summed E-state index contributed by atoms with van der Waals surface area (Å²) in [4.78, 5) is 40.9. The van der Waals surface area contributed by atoms with Gasteiger partial charge in [-0.2, -0.15) is 0 Å². The molecular weight excluding hydrogens is 558 g/mol. The second-order valence-electron chi connectivity index (χ2n) is 13.0. The Morgan fingerprint density at radius 2 is 1.49 bits per heavy atom. The van der Waals surface area contributed by atoms with Crippen molar-refractivity contribution in [3.63, 3.8) is 0 Å². The lowest BCUT2D eigenvalue weighted by molar-refractivity contribution is -0.122. The second kappa shape index (κ2) is 9.95. The Labute approximate surface area is 255 Å². The maximum Gasteiger partial charge on any atom is 0.335 e. The van der Waals surface area contributed by atoms with Crippen LogP contribution >= 0.6 is 11.6 Å². The summed E-state index contributed by atoms with van der Waals surface area (Å²) in [7, 11) is 0. The highest BCUT2D eigenvalue weighted by Crippen LogP contribution is 2.60. The fourth-order valence-electron chi connectivity index (χ4n) is 8.81. The van der Waals surface area contributed by atoms with Crippen LogP contribution in [0.25, 0.3) is 17.0 Å². The van der Waals surface area contributed by atoms with Gasteiger partial charge in [0.15, 0.2) is 0 Å². The molecule has 0 unspecified atom stereocenters. The lowest BCUT2D eigenvalue weighted by Crippen LogP contribution is -2.54. The average molecular weight is 590 g/mol. The molecule has 1 saturated heterocycles. The third kappa shape index (κ3) is 4.42. The Morgan fingerprint density at radius 3 is 2.19 bits per heavy atom. The van der Waals surface area contributed by atoms with E-state index in [4.69, 9.17) is 11.6 Å². The van der Waals surface area contributed by atoms with Crippen LogP contribution in [0, 0.1) is 17.8 Å². The van der Waals surface area contributed by atoms with Gasteiger partial charge in [0.25, 0.3) is 11.8 Å². The number of urea groups is 1. The average Bonchev–Trinajstić information content (AvgIpc) is 3.33. The van der Waals surface area contributed by atoms with Gasteiger partial charge in [-0.25, -0.2) is 9.69 Å². The number of fused-ring (bicyclic) bond motifs is 1. The van der Waals surface area contributed by atoms with Crippen molar-refractivity contribution in [2.24, 2.45) is 17.8 Å². The molecule has 1 aliphatic heterocycles. The van der Waals surface area contributed by atoms with Crippen LogP contribution in [-0.4, -0.2) is 22.4 Å². The number of amides is 4. The molecule has 6 nitrogen and oxygen atoms in total. The number of nitrogens with zero attached hydrogens (tertiary/aromatic N) is 2. The predicted octanol–water partition coefficient (Wildman–Crippen LogP) is 7.48. The van der Waals surface area contributed by atoms with Crippen molar-refractivity contribution in [3.05, 3.63) is 106 Å². The van der Waals surface area contributed by atoms with Gasteiger partial charge in [-0.15, -0.1) is 0 Å². The van der Waals surface area contributed by atoms with Gasteiger partial charge in [0, 0.05) is 34.2 Å². The van der Waals surface area contributed by atoms with Crippen molar-refractivity contribution >= 4 is 52.1 Å². The lowest BCUT2D eigenvalue weighted by atomic mass is 9.48. The quantitative estimate of drug-likeness (QED) is 0.194. The topological polar surface area (TPSA) is 71.4 Å². The van der Waals surface area contributed by atoms with E-state index < -0.39 is 17.8 Å². The fraction of sp³-hybridized carbons (Fsp3) is 0.306. The van der Waals surface area contributed by atoms with Crippen molar-refractivity contribution in [1.29, 1.82) is 0 Å². The van der Waals surface area contributed by atoms with Gasteiger partial charge in [0.05, 0.1) is 5.69 Å². The lowest BCUT2D eigenvalue weighted by Gasteiger charge is -2.57. The first kappa shape index (κ1) is 26.5. The number of barbiturate groups is 1. The molecular formula is C36H32ClN3O3. The van der Waals surface area contributed by atoms with E-state index in [2.05, 4.69) is 22.0 Å². The maximum atomic E-state index is 13.8. The van der Waals surface area contributed by atoms with Crippen LogP contribution in [0.2, 0.25) is 5.02 Å². The Morgan fingerprint density at radius 1 is 0.837 bits per heavy atom. The van der Waals surface area contributed by atoms with Gasteiger partial charge < -0.3 is 4.57 Å². The van der Waals surface area contributed by atoms with Gasteiger partial charge in [-0.3, -0.25) is 14.9 Å². The highest BCUT2D eigenvalue weighted by Gasteiger charge is 2.51. The Bertz CT molecular complexity index is 1800. The second-order valence-corrected chi connectivity index (χ2v) is 13.4. The van der Waals surface area contributed by atoms with Crippen LogP contribution in [0.3, 0.4) is 0 Å². The number of aromatic nitrogens is 1. The normalized spacial score (nSPS) is 27.4. The first-order valence-corrected chi connectivity index (χ1v) is 15.6. The molecule has 4 saturated carbocycles. The summed E-state index contributed by atoms with van der Waals surface area (Å²) in [6, 6.07) is 22.7. The standard InChI is InChI=1S/C36H32ClN3O3/c37-31-7-3-1-5-25(31)20-39-21-26(29-6-2-4-8-32(29)39)16-30-33(41)38-35(43)40(34(30)42)28-11-9-27(10-12-28)36-17-22-13-23(18-36)15-24(14-22)19-36/h1-12,16,21-24H,13-15,17-20H2,(H,38,41,43)/b30-16-. The number of halogens is 1. The summed E-state index contributed by atoms with van der Waals surface area (Å²) >= 11 is 6.44. The van der Waals surface area contributed by atoms with E-state index in [0.29, 0.717) is 22.8 Å². The highest BCUT2D eigenvalue weighted by molar-refractivity contribution is 6.39. The van der Waals surface area contributed by atoms with Gasteiger partial charge in [0.2, 0.25) is 0 Å². The van der Waals surface area contributed by atoms with Crippen LogP contribution < -0.4 is 10.2 Å². The molecule has 43 heavy (non-hydrogen) atoms. The highest BCUT2D eigenvalue weighted by atomic mass is 35.5. The molecule has 0 spiro atoms. The molecule has 5 fully saturated rings. The number of hydrogen-bond donors (Lipinski definition) is 1. The van der Waals surface area contributed by atoms with Crippen molar-refractivity contribution < 1.29 is 14.4 Å². The molecule has 0 atom stereocenters. The van der Waals surface area contributed by atoms with E-state index in [-0.39, 0.29) is 11.0 Å². The molecule has 4 bridgehead atoms. The minimum atomic E-state index is -0.726. The van der Waals surface area contributed by atoms with E-state index in [9.17, 15) is 14.4 Å². The molecule has 4 aromatic rings. The van der Waals surface area contributed by atoms with Crippen LogP contribution in [0.4, 0.5) is 10.5 Å². The summed E-state index contributed by atoms with van der Waals surface area (Å²) in [6.07, 6.45) is 11.4. The van der Waals surface area contributed by atoms with Gasteiger partial charge in [-0.1, -0.05) is 60.1 Å². The first-order valence-electron chi connectivity index (χ1n) is 15.2. The molecule has 5 aliphatic rings. The Hall–Kier alpha value is -4.16. The molecule has 1 N–H and O–H groups in total. The van der Waals surface area contributed by atoms with Gasteiger partial charge in [-0.05, 0) is 103 Å². The number of imide groups is 2. The summed E-state index contributed by atoms with van der Waals surface area (Å²) in [5, 5.41) is 3.95. The van der Waals surface area contributed by atoms with E-state index in [1.54, 1.807) is 6.08 Å². The van der Waals surface area contributed by atoms with E-state index in [1.807, 2.05) is 66.9 Å². The minimum Gasteiger partial charge on any atom is -0.342 e. The summed E-state index contributed by atoms with van der Waals surface area (Å²) in [5.74, 6) is 1.16. The van der Waals surface area contributed by atoms with Crippen molar-refractivity contribution in [2.75, 3.05) is 4.90 Å². The molecule has 3 aromatic carbocycles. The molecule has 1 aromatic heterocycles. The van der Waals surface area contributed by atoms with E-state index in [1.165, 1.54) is 44.1 Å². The van der Waals surface area contributed by atoms with Crippen LogP contribution in [0.5, 0.6) is 0 Å². The zero-order chi connectivity index (χ0) is 29.3. The number of carbonyl (C=O) groups is 3. The van der Waals surface area contributed by atoms with Gasteiger partial charge >= 0.3 is 6.03 Å². The number of para-hydroxylation sites is 1. The van der Waals surface area contributed by atoms with E-state index in [0.717, 1.165) is 39.1 Å². The largest absolute Gasteiger partial charge is 0.342 e. The SMILES string of the molecule is O=C1NC(=O)N(c2ccc(C34CC5CC(CC(C5)C3)C4)cc2)C(=O)/C1=C\c1cn(Cc2ccccc2Cl)c2ccccc12. The third-order valence-corrected chi connectivity index (χ3v) is 10.7. The summed E-state index contributed by atoms with van der Waals surface area (Å²) in [6.45, 7) is 0.532. The monoisotopic (exact) mass is 589 g/mol. The van der Waals surface area contributed by atoms with Crippen LogP contribution in [0.1, 0.15) is 55.2 Å². The first-order chi connectivity index (χ1) is 20.9. The molecule has 0 radical (unpaired) electrons. The molecule has 216 valence electrons. The Balaban J connectivity index is 1.11. The fourth-order valence-corrected chi connectivity index (χ4v) is 9.00. The Kier molecular flexibility index (Phi) is 6.12. The molecule has 9 rings (SSSR count). The van der Waals surface area contributed by atoms with Crippen LogP contribution in [0.15, 0.2) is 84.6 Å². The van der Waals surface area contributed by atoms with Gasteiger partial charge in [0.1, 0.15) is 5.57 Å². The number of benzene rings is 3. The maximum absolute atomic E-state index is 13.8. The third-order valence-electron chi connectivity index (χ3n) is 10.3. The molecule has 2 heterocycles. The van der Waals surface area contributed by atoms with Crippen molar-refractivity contribution in [3.8, 4) is 0 Å². The zero-order valence-corrected chi connectivity index (χ0v) is 24.5. The molecule has 7 heteroatoms. The zero-order valence-electron chi connectivity index (χ0n) is 23.8. The number of rotatable bonds is 5. The van der Waals surface area contributed by atoms with Crippen LogP contribution in [-0.2, 0) is 21.5 Å². The van der Waals surface area contributed by atoms with Crippen molar-refractivity contribution in [1.82, 2.24) is 9.88 Å². The predicted molar refractivity (Wildman–Crippen MR) is 168 cm³/mol. The van der Waals surface area contributed by atoms with E-state index >= 15 is 0 Å². The smallest absolute Gasteiger partial charge is 0.335 e. The van der Waals surface area contributed by atoms with Crippen molar-refractivity contribution in [2.45, 2.75) is 50.5 Å². The minimum absolute atomic E-state index is 0.0783. The number of nitrogens with one attached hydrogen (secondary N) is 1. The number of carbonyl (C=O) groups excluding carboxylic acids is 3.